The largest absolute Gasteiger partial charge is 0.384 e. The van der Waals surface area contributed by atoms with Crippen molar-refractivity contribution >= 4 is 5.91 Å². The molecule has 0 saturated heterocycles. The van der Waals surface area contributed by atoms with Gasteiger partial charge in [0, 0.05) is 18.0 Å². The van der Waals surface area contributed by atoms with E-state index in [0.717, 1.165) is 42.7 Å². The van der Waals surface area contributed by atoms with Crippen LogP contribution in [0.5, 0.6) is 0 Å². The molecule has 0 atom stereocenters. The van der Waals surface area contributed by atoms with E-state index in [9.17, 15) is 4.79 Å². The van der Waals surface area contributed by atoms with Crippen molar-refractivity contribution in [1.82, 2.24) is 5.32 Å². The molecule has 0 unspecified atom stereocenters. The van der Waals surface area contributed by atoms with E-state index in [2.05, 4.69) is 24.1 Å². The number of carbonyl (C=O) groups is 1. The molecule has 1 aromatic rings. The molecule has 0 aliphatic heterocycles. The predicted molar refractivity (Wildman–Crippen MR) is 83.4 cm³/mol. The lowest BCUT2D eigenvalue weighted by molar-refractivity contribution is -0.126. The van der Waals surface area contributed by atoms with E-state index in [1.54, 1.807) is 0 Å². The van der Waals surface area contributed by atoms with Crippen molar-refractivity contribution in [2.45, 2.75) is 39.2 Å². The van der Waals surface area contributed by atoms with Crippen molar-refractivity contribution in [3.63, 3.8) is 0 Å². The molecule has 3 nitrogen and oxygen atoms in total. The summed E-state index contributed by atoms with van der Waals surface area (Å²) >= 11 is 0. The third-order valence-electron chi connectivity index (χ3n) is 4.16. The van der Waals surface area contributed by atoms with Crippen LogP contribution < -0.4 is 5.32 Å². The summed E-state index contributed by atoms with van der Waals surface area (Å²) in [6, 6.07) is 7.72. The normalized spacial score (nSPS) is 21.2. The number of aliphatic hydroxyl groups is 1. The van der Waals surface area contributed by atoms with Crippen molar-refractivity contribution in [3.05, 3.63) is 35.4 Å². The molecule has 112 valence electrons. The number of rotatable bonds is 3. The fraction of sp³-hybridized carbons (Fsp3) is 0.500. The Kier molecular flexibility index (Phi) is 5.83. The van der Waals surface area contributed by atoms with Crippen LogP contribution >= 0.6 is 0 Å². The maximum absolute atomic E-state index is 12.2. The van der Waals surface area contributed by atoms with Gasteiger partial charge in [0.15, 0.2) is 0 Å². The first-order chi connectivity index (χ1) is 10.2. The molecular formula is C18H23NO2. The Hall–Kier alpha value is -1.79. The third-order valence-corrected chi connectivity index (χ3v) is 4.16. The topological polar surface area (TPSA) is 49.3 Å². The van der Waals surface area contributed by atoms with Crippen LogP contribution in [0, 0.1) is 23.7 Å². The van der Waals surface area contributed by atoms with Crippen molar-refractivity contribution in [2.24, 2.45) is 11.8 Å². The Bertz CT molecular complexity index is 534. The van der Waals surface area contributed by atoms with Gasteiger partial charge in [0.1, 0.15) is 6.61 Å². The van der Waals surface area contributed by atoms with Gasteiger partial charge in [0.2, 0.25) is 5.91 Å². The number of hydrogen-bond donors (Lipinski definition) is 2. The van der Waals surface area contributed by atoms with E-state index in [-0.39, 0.29) is 18.4 Å². The van der Waals surface area contributed by atoms with Gasteiger partial charge in [-0.05, 0) is 43.2 Å². The first-order valence-electron chi connectivity index (χ1n) is 7.66. The molecule has 2 N–H and O–H groups in total. The van der Waals surface area contributed by atoms with Crippen LogP contribution in [0.2, 0.25) is 0 Å². The summed E-state index contributed by atoms with van der Waals surface area (Å²) < 4.78 is 0. The van der Waals surface area contributed by atoms with Crippen LogP contribution in [0.4, 0.5) is 0 Å². The summed E-state index contributed by atoms with van der Waals surface area (Å²) in [6.45, 7) is 2.60. The smallest absolute Gasteiger partial charge is 0.223 e. The molecule has 0 heterocycles. The second kappa shape index (κ2) is 7.85. The van der Waals surface area contributed by atoms with Crippen LogP contribution in [0.15, 0.2) is 24.3 Å². The minimum absolute atomic E-state index is 0.152. The van der Waals surface area contributed by atoms with Gasteiger partial charge in [-0.3, -0.25) is 4.79 Å². The zero-order valence-corrected chi connectivity index (χ0v) is 12.6. The van der Waals surface area contributed by atoms with Gasteiger partial charge in [0.25, 0.3) is 0 Å². The number of amides is 1. The fourth-order valence-electron chi connectivity index (χ4n) is 2.78. The zero-order valence-electron chi connectivity index (χ0n) is 12.6. The molecule has 1 saturated carbocycles. The maximum atomic E-state index is 12.2. The molecule has 0 spiro atoms. The molecule has 1 fully saturated rings. The van der Waals surface area contributed by atoms with Gasteiger partial charge in [-0.25, -0.2) is 0 Å². The molecular weight excluding hydrogens is 262 g/mol. The Morgan fingerprint density at radius 3 is 2.71 bits per heavy atom. The Morgan fingerprint density at radius 1 is 1.29 bits per heavy atom. The molecule has 0 bridgehead atoms. The van der Waals surface area contributed by atoms with Crippen molar-refractivity contribution in [1.29, 1.82) is 0 Å². The lowest BCUT2D eigenvalue weighted by Crippen LogP contribution is -2.32. The summed E-state index contributed by atoms with van der Waals surface area (Å²) in [5, 5.41) is 11.8. The lowest BCUT2D eigenvalue weighted by atomic mass is 9.82. The van der Waals surface area contributed by atoms with Gasteiger partial charge in [-0.15, -0.1) is 0 Å². The predicted octanol–water partition coefficient (Wildman–Crippen LogP) is 2.47. The van der Waals surface area contributed by atoms with Gasteiger partial charge >= 0.3 is 0 Å². The summed E-state index contributed by atoms with van der Waals surface area (Å²) in [4.78, 5) is 12.2. The molecule has 0 aromatic heterocycles. The highest BCUT2D eigenvalue weighted by atomic mass is 16.2. The van der Waals surface area contributed by atoms with Gasteiger partial charge < -0.3 is 10.4 Å². The van der Waals surface area contributed by atoms with Gasteiger partial charge in [0.05, 0.1) is 0 Å². The second-order valence-electron chi connectivity index (χ2n) is 5.79. The fourth-order valence-corrected chi connectivity index (χ4v) is 2.78. The molecule has 1 aliphatic carbocycles. The average molecular weight is 285 g/mol. The Balaban J connectivity index is 1.92. The minimum atomic E-state index is -0.152. The van der Waals surface area contributed by atoms with Crippen molar-refractivity contribution < 1.29 is 9.90 Å². The molecule has 2 rings (SSSR count). The van der Waals surface area contributed by atoms with Crippen LogP contribution in [0.3, 0.4) is 0 Å². The molecule has 1 aliphatic rings. The molecule has 0 radical (unpaired) electrons. The van der Waals surface area contributed by atoms with Crippen molar-refractivity contribution in [2.75, 3.05) is 6.61 Å². The second-order valence-corrected chi connectivity index (χ2v) is 5.79. The monoisotopic (exact) mass is 285 g/mol. The van der Waals surface area contributed by atoms with E-state index in [0.29, 0.717) is 6.54 Å². The lowest BCUT2D eigenvalue weighted by Gasteiger charge is -2.25. The molecule has 1 aromatic carbocycles. The quantitative estimate of drug-likeness (QED) is 0.838. The van der Waals surface area contributed by atoms with Crippen LogP contribution in [0.25, 0.3) is 0 Å². The standard InChI is InChI=1S/C18H23NO2/c1-14-8-10-16(11-9-14)18(21)19-13-17-6-3-2-5-15(17)7-4-12-20/h2-3,5-6,14,16,20H,8-13H2,1H3,(H,19,21). The maximum Gasteiger partial charge on any atom is 0.223 e. The first kappa shape index (κ1) is 15.6. The summed E-state index contributed by atoms with van der Waals surface area (Å²) in [6.07, 6.45) is 4.30. The zero-order chi connectivity index (χ0) is 15.1. The highest BCUT2D eigenvalue weighted by molar-refractivity contribution is 5.78. The SMILES string of the molecule is CC1CCC(C(=O)NCc2ccccc2C#CCO)CC1. The first-order valence-corrected chi connectivity index (χ1v) is 7.66. The number of carbonyl (C=O) groups excluding carboxylic acids is 1. The van der Waals surface area contributed by atoms with Crippen molar-refractivity contribution in [3.8, 4) is 11.8 Å². The van der Waals surface area contributed by atoms with E-state index in [1.165, 1.54) is 0 Å². The average Bonchev–Trinajstić information content (AvgIpc) is 2.52. The van der Waals surface area contributed by atoms with Crippen LogP contribution in [-0.2, 0) is 11.3 Å². The van der Waals surface area contributed by atoms with Gasteiger partial charge in [-0.2, -0.15) is 0 Å². The Labute approximate surface area is 126 Å². The molecule has 21 heavy (non-hydrogen) atoms. The summed E-state index contributed by atoms with van der Waals surface area (Å²) in [5.41, 5.74) is 1.86. The number of aliphatic hydroxyl groups excluding tert-OH is 1. The minimum Gasteiger partial charge on any atom is -0.384 e. The molecule has 1 amide bonds. The summed E-state index contributed by atoms with van der Waals surface area (Å²) in [7, 11) is 0. The number of hydrogen-bond acceptors (Lipinski definition) is 2. The number of nitrogens with one attached hydrogen (secondary N) is 1. The highest BCUT2D eigenvalue weighted by Crippen LogP contribution is 2.28. The van der Waals surface area contributed by atoms with Crippen LogP contribution in [0.1, 0.15) is 43.7 Å². The van der Waals surface area contributed by atoms with E-state index >= 15 is 0 Å². The van der Waals surface area contributed by atoms with E-state index < -0.39 is 0 Å². The highest BCUT2D eigenvalue weighted by Gasteiger charge is 2.23. The summed E-state index contributed by atoms with van der Waals surface area (Å²) in [5.74, 6) is 6.65. The third kappa shape index (κ3) is 4.61. The van der Waals surface area contributed by atoms with E-state index in [4.69, 9.17) is 5.11 Å². The van der Waals surface area contributed by atoms with Crippen LogP contribution in [-0.4, -0.2) is 17.6 Å². The molecule has 3 heteroatoms. The van der Waals surface area contributed by atoms with E-state index in [1.807, 2.05) is 24.3 Å². The van der Waals surface area contributed by atoms with Gasteiger partial charge in [-0.1, -0.05) is 37.0 Å². The number of benzene rings is 1. The Morgan fingerprint density at radius 2 is 2.00 bits per heavy atom.